The van der Waals surface area contributed by atoms with Crippen LogP contribution in [0.25, 0.3) is 0 Å². The summed E-state index contributed by atoms with van der Waals surface area (Å²) in [5.74, 6) is 0.294. The number of sulfonamides is 2. The van der Waals surface area contributed by atoms with Gasteiger partial charge in [0.2, 0.25) is 10.0 Å². The first-order chi connectivity index (χ1) is 13.4. The summed E-state index contributed by atoms with van der Waals surface area (Å²) in [5.41, 5.74) is 1.24. The van der Waals surface area contributed by atoms with Crippen molar-refractivity contribution >= 4 is 31.6 Å². The molecule has 2 heterocycles. The fraction of sp³-hybridized carbons (Fsp3) is 0.278. The minimum absolute atomic E-state index is 0.0692. The summed E-state index contributed by atoms with van der Waals surface area (Å²) < 4.78 is 61.3. The highest BCUT2D eigenvalue weighted by molar-refractivity contribution is 7.91. The molecule has 0 atom stereocenters. The molecule has 4 rings (SSSR count). The summed E-state index contributed by atoms with van der Waals surface area (Å²) in [5, 5.41) is 3.00. The first kappa shape index (κ1) is 19.1. The van der Waals surface area contributed by atoms with Gasteiger partial charge in [0.15, 0.2) is 0 Å². The zero-order valence-electron chi connectivity index (χ0n) is 14.9. The minimum Gasteiger partial charge on any atom is -0.379 e. The fourth-order valence-electron chi connectivity index (χ4n) is 3.15. The van der Waals surface area contributed by atoms with E-state index in [0.717, 1.165) is 5.56 Å². The van der Waals surface area contributed by atoms with Crippen LogP contribution in [-0.4, -0.2) is 53.3 Å². The molecular weight excluding hydrogens is 402 g/mol. The van der Waals surface area contributed by atoms with Gasteiger partial charge >= 0.3 is 0 Å². The Morgan fingerprint density at radius 2 is 1.79 bits per heavy atom. The van der Waals surface area contributed by atoms with E-state index in [0.29, 0.717) is 31.2 Å². The first-order valence-electron chi connectivity index (χ1n) is 8.73. The van der Waals surface area contributed by atoms with E-state index in [1.54, 1.807) is 0 Å². The lowest BCUT2D eigenvalue weighted by Crippen LogP contribution is -2.40. The normalized spacial score (nSPS) is 19.4. The molecule has 1 saturated heterocycles. The van der Waals surface area contributed by atoms with Crippen LogP contribution in [0, 0.1) is 0 Å². The molecule has 2 aromatic carbocycles. The van der Waals surface area contributed by atoms with Gasteiger partial charge in [0.1, 0.15) is 10.7 Å². The molecule has 2 aliphatic rings. The van der Waals surface area contributed by atoms with Crippen LogP contribution < -0.4 is 5.32 Å². The summed E-state index contributed by atoms with van der Waals surface area (Å²) in [4.78, 5) is -0.209. The van der Waals surface area contributed by atoms with Gasteiger partial charge < -0.3 is 10.1 Å². The summed E-state index contributed by atoms with van der Waals surface area (Å²) in [6.07, 6.45) is 0.327. The maximum absolute atomic E-state index is 12.8. The highest BCUT2D eigenvalue weighted by Gasteiger charge is 2.31. The zero-order valence-corrected chi connectivity index (χ0v) is 16.5. The molecule has 0 spiro atoms. The molecule has 0 amide bonds. The van der Waals surface area contributed by atoms with E-state index in [2.05, 4.69) is 9.71 Å². The number of nitrogens with zero attached hydrogens (tertiary/aromatic N) is 2. The molecule has 2 aromatic rings. The topological polar surface area (TPSA) is 105 Å². The third kappa shape index (κ3) is 3.68. The van der Waals surface area contributed by atoms with Crippen LogP contribution in [0.15, 0.2) is 62.7 Å². The molecule has 28 heavy (non-hydrogen) atoms. The molecule has 0 radical (unpaired) electrons. The Morgan fingerprint density at radius 3 is 2.50 bits per heavy atom. The number of hydrogen-bond acceptors (Lipinski definition) is 6. The largest absolute Gasteiger partial charge is 0.379 e. The van der Waals surface area contributed by atoms with Crippen LogP contribution in [0.2, 0.25) is 0 Å². The van der Waals surface area contributed by atoms with Crippen molar-refractivity contribution < 1.29 is 21.6 Å². The monoisotopic (exact) mass is 421 g/mol. The Bertz CT molecular complexity index is 1120. The Morgan fingerprint density at radius 1 is 1.07 bits per heavy atom. The van der Waals surface area contributed by atoms with Gasteiger partial charge in [-0.2, -0.15) is 12.7 Å². The Labute approximate surface area is 164 Å². The molecule has 0 bridgehead atoms. The lowest BCUT2D eigenvalue weighted by atomic mass is 10.1. The molecule has 1 fully saturated rings. The second kappa shape index (κ2) is 7.28. The smallest absolute Gasteiger partial charge is 0.286 e. The lowest BCUT2D eigenvalue weighted by molar-refractivity contribution is 0.0730. The van der Waals surface area contributed by atoms with Gasteiger partial charge in [-0.1, -0.05) is 30.3 Å². The maximum atomic E-state index is 12.8. The maximum Gasteiger partial charge on any atom is 0.286 e. The molecule has 148 valence electrons. The molecule has 0 unspecified atom stereocenters. The van der Waals surface area contributed by atoms with Gasteiger partial charge in [-0.05, 0) is 23.8 Å². The molecule has 10 heteroatoms. The molecule has 0 aromatic heterocycles. The zero-order chi connectivity index (χ0) is 19.8. The Kier molecular flexibility index (Phi) is 4.96. The second-order valence-corrected chi connectivity index (χ2v) is 9.99. The Hall–Kier alpha value is -2.27. The van der Waals surface area contributed by atoms with E-state index in [4.69, 9.17) is 4.74 Å². The van der Waals surface area contributed by atoms with Crippen LogP contribution in [0.3, 0.4) is 0 Å². The average Bonchev–Trinajstić information content (AvgIpc) is 2.69. The van der Waals surface area contributed by atoms with Crippen LogP contribution in [-0.2, 0) is 31.2 Å². The van der Waals surface area contributed by atoms with Crippen LogP contribution in [0.5, 0.6) is 0 Å². The van der Waals surface area contributed by atoms with Gasteiger partial charge in [-0.15, -0.1) is 4.40 Å². The number of fused-ring (bicyclic) bond motifs is 1. The summed E-state index contributed by atoms with van der Waals surface area (Å²) in [7, 11) is -7.80. The van der Waals surface area contributed by atoms with Gasteiger partial charge in [-0.25, -0.2) is 8.42 Å². The fourth-order valence-corrected chi connectivity index (χ4v) is 5.83. The summed E-state index contributed by atoms with van der Waals surface area (Å²) in [6, 6.07) is 13.4. The van der Waals surface area contributed by atoms with Crippen molar-refractivity contribution in [2.24, 2.45) is 4.40 Å². The van der Waals surface area contributed by atoms with E-state index in [1.165, 1.54) is 22.5 Å². The van der Waals surface area contributed by atoms with E-state index in [1.807, 2.05) is 30.3 Å². The molecule has 8 nitrogen and oxygen atoms in total. The predicted molar refractivity (Wildman–Crippen MR) is 104 cm³/mol. The van der Waals surface area contributed by atoms with E-state index in [-0.39, 0.29) is 22.9 Å². The van der Waals surface area contributed by atoms with Crippen molar-refractivity contribution in [3.63, 3.8) is 0 Å². The predicted octanol–water partition coefficient (Wildman–Crippen LogP) is 1.46. The van der Waals surface area contributed by atoms with Crippen molar-refractivity contribution in [1.82, 2.24) is 4.31 Å². The highest BCUT2D eigenvalue weighted by Crippen LogP contribution is 2.31. The minimum atomic E-state index is -4.01. The average molecular weight is 422 g/mol. The van der Waals surface area contributed by atoms with Crippen LogP contribution in [0.1, 0.15) is 5.56 Å². The highest BCUT2D eigenvalue weighted by atomic mass is 32.2. The number of benzene rings is 2. The lowest BCUT2D eigenvalue weighted by Gasteiger charge is -2.26. The first-order valence-corrected chi connectivity index (χ1v) is 11.6. The van der Waals surface area contributed by atoms with Crippen molar-refractivity contribution in [2.75, 3.05) is 31.6 Å². The van der Waals surface area contributed by atoms with Gasteiger partial charge in [0.05, 0.1) is 23.8 Å². The number of nitrogens with one attached hydrogen (secondary N) is 1. The van der Waals surface area contributed by atoms with Crippen molar-refractivity contribution in [2.45, 2.75) is 16.2 Å². The van der Waals surface area contributed by atoms with Crippen LogP contribution in [0.4, 0.5) is 5.69 Å². The van der Waals surface area contributed by atoms with Gasteiger partial charge in [0.25, 0.3) is 10.0 Å². The summed E-state index contributed by atoms with van der Waals surface area (Å²) >= 11 is 0. The second-order valence-electron chi connectivity index (χ2n) is 6.47. The number of amidine groups is 1. The molecule has 2 aliphatic heterocycles. The SMILES string of the molecule is O=S1(=O)N=C(Cc2ccccc2)Nc2ccc(S(=O)(=O)N3CCOCC3)cc21. The third-order valence-corrected chi connectivity index (χ3v) is 7.81. The van der Waals surface area contributed by atoms with Crippen molar-refractivity contribution in [3.05, 3.63) is 54.1 Å². The number of hydrogen-bond donors (Lipinski definition) is 1. The van der Waals surface area contributed by atoms with E-state index in [9.17, 15) is 16.8 Å². The van der Waals surface area contributed by atoms with Crippen molar-refractivity contribution in [3.8, 4) is 0 Å². The molecule has 0 saturated carbocycles. The number of rotatable bonds is 4. The summed E-state index contributed by atoms with van der Waals surface area (Å²) in [6.45, 7) is 1.11. The Balaban J connectivity index is 1.66. The number of anilines is 1. The van der Waals surface area contributed by atoms with Gasteiger partial charge in [0, 0.05) is 19.5 Å². The quantitative estimate of drug-likeness (QED) is 0.801. The van der Waals surface area contributed by atoms with Crippen LogP contribution >= 0.6 is 0 Å². The van der Waals surface area contributed by atoms with Gasteiger partial charge in [-0.3, -0.25) is 0 Å². The third-order valence-electron chi connectivity index (χ3n) is 4.56. The van der Waals surface area contributed by atoms with E-state index >= 15 is 0 Å². The van der Waals surface area contributed by atoms with Crippen molar-refractivity contribution in [1.29, 1.82) is 0 Å². The number of morpholine rings is 1. The molecular formula is C18H19N3O5S2. The molecule has 0 aliphatic carbocycles. The molecule has 1 N–H and O–H groups in total. The number of ether oxygens (including phenoxy) is 1. The standard InChI is InChI=1S/C18H19N3O5S2/c22-27(23)17-13-15(28(24,25)21-8-10-26-11-9-21)6-7-16(17)19-18(20-27)12-14-4-2-1-3-5-14/h1-7,13H,8-12H2,(H,19,20). The van der Waals surface area contributed by atoms with E-state index < -0.39 is 20.0 Å².